The van der Waals surface area contributed by atoms with Crippen LogP contribution in [-0.4, -0.2) is 22.7 Å². The Morgan fingerprint density at radius 1 is 1.15 bits per heavy atom. The summed E-state index contributed by atoms with van der Waals surface area (Å²) in [5, 5.41) is 0. The van der Waals surface area contributed by atoms with E-state index < -0.39 is 11.1 Å². The molecule has 1 aliphatic heterocycles. The number of hydrogen-bond donors (Lipinski definition) is 3. The third-order valence-corrected chi connectivity index (χ3v) is 3.75. The molecule has 2 atom stereocenters. The molecule has 6 nitrogen and oxygen atoms in total. The summed E-state index contributed by atoms with van der Waals surface area (Å²) in [6.07, 6.45) is 3.16. The fraction of sp³-hybridized carbons (Fsp3) is 0.429. The van der Waals surface area contributed by atoms with Crippen LogP contribution in [0.2, 0.25) is 0 Å². The molecule has 0 amide bonds. The van der Waals surface area contributed by atoms with Gasteiger partial charge in [-0.1, -0.05) is 6.07 Å². The Balaban J connectivity index is 1.97. The third kappa shape index (κ3) is 2.39. The van der Waals surface area contributed by atoms with Gasteiger partial charge in [-0.15, -0.1) is 0 Å². The minimum atomic E-state index is -0.655. The summed E-state index contributed by atoms with van der Waals surface area (Å²) >= 11 is 0. The zero-order valence-electron chi connectivity index (χ0n) is 11.0. The first-order valence-electron chi connectivity index (χ1n) is 6.78. The van der Waals surface area contributed by atoms with Crippen molar-refractivity contribution in [1.82, 2.24) is 9.97 Å². The molecule has 0 bridgehead atoms. The maximum Gasteiger partial charge on any atom is 0.314 e. The van der Waals surface area contributed by atoms with Crippen LogP contribution in [0, 0.1) is 0 Å². The van der Waals surface area contributed by atoms with Crippen molar-refractivity contribution >= 4 is 11.0 Å². The lowest BCUT2D eigenvalue weighted by Crippen LogP contribution is -2.32. The Morgan fingerprint density at radius 2 is 1.90 bits per heavy atom. The van der Waals surface area contributed by atoms with Gasteiger partial charge in [0, 0.05) is 6.61 Å². The Hall–Kier alpha value is -1.92. The summed E-state index contributed by atoms with van der Waals surface area (Å²) in [7, 11) is 0. The lowest BCUT2D eigenvalue weighted by Gasteiger charge is -2.28. The van der Waals surface area contributed by atoms with Gasteiger partial charge >= 0.3 is 11.1 Å². The predicted octanol–water partition coefficient (Wildman–Crippen LogP) is 0.785. The molecule has 1 aromatic heterocycles. The van der Waals surface area contributed by atoms with E-state index in [-0.39, 0.29) is 12.1 Å². The van der Waals surface area contributed by atoms with Gasteiger partial charge in [0.25, 0.3) is 0 Å². The molecule has 106 valence electrons. The summed E-state index contributed by atoms with van der Waals surface area (Å²) in [6, 6.07) is 5.19. The molecule has 1 fully saturated rings. The molecule has 0 spiro atoms. The van der Waals surface area contributed by atoms with Gasteiger partial charge in [0.05, 0.1) is 23.2 Å². The molecule has 1 saturated heterocycles. The van der Waals surface area contributed by atoms with Gasteiger partial charge in [-0.05, 0) is 37.0 Å². The largest absolute Gasteiger partial charge is 0.376 e. The zero-order valence-corrected chi connectivity index (χ0v) is 11.0. The molecular formula is C14H17N3O3. The highest BCUT2D eigenvalue weighted by Crippen LogP contribution is 2.25. The van der Waals surface area contributed by atoms with E-state index in [2.05, 4.69) is 9.97 Å². The fourth-order valence-electron chi connectivity index (χ4n) is 2.60. The molecule has 20 heavy (non-hydrogen) atoms. The molecule has 4 N–H and O–H groups in total. The average molecular weight is 275 g/mol. The molecule has 3 rings (SSSR count). The van der Waals surface area contributed by atoms with Crippen molar-refractivity contribution in [3.63, 3.8) is 0 Å². The summed E-state index contributed by atoms with van der Waals surface area (Å²) in [6.45, 7) is 0.746. The highest BCUT2D eigenvalue weighted by molar-refractivity contribution is 5.74. The van der Waals surface area contributed by atoms with E-state index >= 15 is 0 Å². The number of H-pyrrole nitrogens is 2. The summed E-state index contributed by atoms with van der Waals surface area (Å²) in [5.41, 5.74) is 7.01. The number of ether oxygens (including phenoxy) is 1. The van der Waals surface area contributed by atoms with E-state index in [1.807, 2.05) is 6.07 Å². The average Bonchev–Trinajstić information content (AvgIpc) is 2.48. The molecule has 2 aromatic rings. The topological polar surface area (TPSA) is 101 Å². The standard InChI is InChI=1S/C14H17N3O3/c15-12(11-3-1-2-6-20-11)8-4-5-9-10(7-8)17-14(19)13(18)16-9/h4-5,7,11-12H,1-3,6,15H2,(H,16,18)(H,17,19). The molecule has 1 aromatic carbocycles. The van der Waals surface area contributed by atoms with Crippen LogP contribution in [0.3, 0.4) is 0 Å². The van der Waals surface area contributed by atoms with Crippen LogP contribution >= 0.6 is 0 Å². The lowest BCUT2D eigenvalue weighted by molar-refractivity contribution is 0.0000345. The highest BCUT2D eigenvalue weighted by atomic mass is 16.5. The van der Waals surface area contributed by atoms with Crippen molar-refractivity contribution in [2.45, 2.75) is 31.4 Å². The van der Waals surface area contributed by atoms with E-state index in [0.717, 1.165) is 31.4 Å². The molecule has 2 unspecified atom stereocenters. The van der Waals surface area contributed by atoms with Crippen molar-refractivity contribution in [1.29, 1.82) is 0 Å². The number of nitrogens with one attached hydrogen (secondary N) is 2. The van der Waals surface area contributed by atoms with Gasteiger partial charge in [0.15, 0.2) is 0 Å². The second-order valence-corrected chi connectivity index (χ2v) is 5.14. The van der Waals surface area contributed by atoms with Gasteiger partial charge in [-0.25, -0.2) is 0 Å². The monoisotopic (exact) mass is 275 g/mol. The summed E-state index contributed by atoms with van der Waals surface area (Å²) in [4.78, 5) is 27.7. The van der Waals surface area contributed by atoms with E-state index in [4.69, 9.17) is 10.5 Å². The van der Waals surface area contributed by atoms with Crippen LogP contribution in [0.5, 0.6) is 0 Å². The molecule has 6 heteroatoms. The van der Waals surface area contributed by atoms with Crippen molar-refractivity contribution in [3.05, 3.63) is 44.5 Å². The Kier molecular flexibility index (Phi) is 3.42. The summed E-state index contributed by atoms with van der Waals surface area (Å²) in [5.74, 6) is 0. The van der Waals surface area contributed by atoms with E-state index in [1.54, 1.807) is 12.1 Å². The number of benzene rings is 1. The van der Waals surface area contributed by atoms with Crippen LogP contribution < -0.4 is 16.9 Å². The maximum atomic E-state index is 11.4. The van der Waals surface area contributed by atoms with Crippen LogP contribution in [-0.2, 0) is 4.74 Å². The Labute approximate surface area is 115 Å². The Morgan fingerprint density at radius 3 is 2.60 bits per heavy atom. The number of aromatic amines is 2. The fourth-order valence-corrected chi connectivity index (χ4v) is 2.60. The second-order valence-electron chi connectivity index (χ2n) is 5.14. The van der Waals surface area contributed by atoms with Crippen LogP contribution in [0.15, 0.2) is 27.8 Å². The lowest BCUT2D eigenvalue weighted by atomic mass is 9.96. The first-order chi connectivity index (χ1) is 9.65. The zero-order chi connectivity index (χ0) is 14.1. The third-order valence-electron chi connectivity index (χ3n) is 3.75. The summed E-state index contributed by atoms with van der Waals surface area (Å²) < 4.78 is 5.69. The van der Waals surface area contributed by atoms with Gasteiger partial charge in [0.1, 0.15) is 0 Å². The smallest absolute Gasteiger partial charge is 0.314 e. The van der Waals surface area contributed by atoms with Gasteiger partial charge in [0.2, 0.25) is 0 Å². The van der Waals surface area contributed by atoms with E-state index in [0.29, 0.717) is 11.0 Å². The van der Waals surface area contributed by atoms with Gasteiger partial charge in [-0.3, -0.25) is 9.59 Å². The molecule has 0 saturated carbocycles. The van der Waals surface area contributed by atoms with Crippen LogP contribution in [0.1, 0.15) is 30.9 Å². The number of fused-ring (bicyclic) bond motifs is 1. The van der Waals surface area contributed by atoms with E-state index in [1.165, 1.54) is 0 Å². The number of aromatic nitrogens is 2. The van der Waals surface area contributed by atoms with Crippen LogP contribution in [0.25, 0.3) is 11.0 Å². The maximum absolute atomic E-state index is 11.4. The first kappa shape index (κ1) is 13.1. The Bertz CT molecular complexity index is 728. The van der Waals surface area contributed by atoms with Gasteiger partial charge in [-0.2, -0.15) is 0 Å². The molecular weight excluding hydrogens is 258 g/mol. The molecule has 2 heterocycles. The normalized spacial score (nSPS) is 20.9. The number of rotatable bonds is 2. The predicted molar refractivity (Wildman–Crippen MR) is 75.7 cm³/mol. The number of nitrogens with two attached hydrogens (primary N) is 1. The molecule has 0 radical (unpaired) electrons. The SMILES string of the molecule is NC(c1ccc2[nH]c(=O)c(=O)[nH]c2c1)C1CCCCO1. The van der Waals surface area contributed by atoms with E-state index in [9.17, 15) is 9.59 Å². The minimum absolute atomic E-state index is 0.00989. The van der Waals surface area contributed by atoms with Crippen molar-refractivity contribution < 1.29 is 4.74 Å². The van der Waals surface area contributed by atoms with Gasteiger partial charge < -0.3 is 20.4 Å². The molecule has 1 aliphatic rings. The minimum Gasteiger partial charge on any atom is -0.376 e. The highest BCUT2D eigenvalue weighted by Gasteiger charge is 2.22. The second kappa shape index (κ2) is 5.22. The van der Waals surface area contributed by atoms with Crippen molar-refractivity contribution in [2.24, 2.45) is 5.73 Å². The quantitative estimate of drug-likeness (QED) is 0.705. The van der Waals surface area contributed by atoms with Crippen molar-refractivity contribution in [2.75, 3.05) is 6.61 Å². The van der Waals surface area contributed by atoms with Crippen molar-refractivity contribution in [3.8, 4) is 0 Å². The van der Waals surface area contributed by atoms with Crippen LogP contribution in [0.4, 0.5) is 0 Å². The first-order valence-corrected chi connectivity index (χ1v) is 6.78. The number of hydrogen-bond acceptors (Lipinski definition) is 4. The molecule has 0 aliphatic carbocycles.